The largest absolute Gasteiger partial charge is 0.352 e. The van der Waals surface area contributed by atoms with Gasteiger partial charge in [-0.05, 0) is 31.9 Å². The molecule has 4 nitrogen and oxygen atoms in total. The van der Waals surface area contributed by atoms with Gasteiger partial charge in [0.15, 0.2) is 0 Å². The summed E-state index contributed by atoms with van der Waals surface area (Å²) in [6, 6.07) is 5.85. The van der Waals surface area contributed by atoms with Crippen LogP contribution in [0.25, 0.3) is 11.0 Å². The molecule has 6 heteroatoms. The number of nitrogens with zero attached hydrogens (tertiary/aromatic N) is 2. The van der Waals surface area contributed by atoms with Crippen LogP contribution in [-0.4, -0.2) is 21.5 Å². The highest BCUT2D eigenvalue weighted by molar-refractivity contribution is 6.35. The first-order valence-electron chi connectivity index (χ1n) is 6.64. The number of nitrogens with one attached hydrogen (secondary N) is 1. The average Bonchev–Trinajstić information content (AvgIpc) is 3.10. The number of para-hydroxylation sites is 1. The number of carbonyl (C=O) groups excluding carboxylic acids is 1. The molecule has 0 bridgehead atoms. The van der Waals surface area contributed by atoms with Gasteiger partial charge in [-0.1, -0.05) is 17.7 Å². The zero-order valence-corrected chi connectivity index (χ0v) is 12.6. The lowest BCUT2D eigenvalue weighted by atomic mass is 10.3. The van der Waals surface area contributed by atoms with Gasteiger partial charge >= 0.3 is 0 Å². The Morgan fingerprint density at radius 1 is 1.55 bits per heavy atom. The molecule has 3 rings (SSSR count). The van der Waals surface area contributed by atoms with Crippen molar-refractivity contribution in [2.24, 2.45) is 0 Å². The van der Waals surface area contributed by atoms with Crippen molar-refractivity contribution in [3.63, 3.8) is 0 Å². The number of halogens is 2. The molecule has 2 aromatic rings. The number of alkyl halides is 1. The standard InChI is InChI=1S/C14H15Cl2N3O/c1-8(15)14-18-11-4-2-3-10(16)13(11)19(14)7-12(20)17-9-5-6-9/h2-4,8-9H,5-7H2,1H3,(H,17,20). The van der Waals surface area contributed by atoms with E-state index in [9.17, 15) is 4.79 Å². The average molecular weight is 312 g/mol. The summed E-state index contributed by atoms with van der Waals surface area (Å²) in [6.45, 7) is 2.04. The summed E-state index contributed by atoms with van der Waals surface area (Å²) >= 11 is 12.4. The fourth-order valence-corrected chi connectivity index (χ4v) is 2.71. The van der Waals surface area contributed by atoms with Gasteiger partial charge in [0.05, 0.1) is 21.4 Å². The molecule has 1 amide bonds. The minimum Gasteiger partial charge on any atom is -0.352 e. The molecule has 1 aromatic heterocycles. The number of rotatable bonds is 4. The van der Waals surface area contributed by atoms with Crippen LogP contribution in [0.15, 0.2) is 18.2 Å². The lowest BCUT2D eigenvalue weighted by molar-refractivity contribution is -0.121. The fourth-order valence-electron chi connectivity index (χ4n) is 2.27. The van der Waals surface area contributed by atoms with Gasteiger partial charge in [0.2, 0.25) is 5.91 Å². The van der Waals surface area contributed by atoms with Crippen LogP contribution in [0.3, 0.4) is 0 Å². The monoisotopic (exact) mass is 311 g/mol. The third-order valence-corrected chi connectivity index (χ3v) is 3.85. The number of fused-ring (bicyclic) bond motifs is 1. The third-order valence-electron chi connectivity index (χ3n) is 3.35. The van der Waals surface area contributed by atoms with Crippen molar-refractivity contribution < 1.29 is 4.79 Å². The van der Waals surface area contributed by atoms with Gasteiger partial charge in [-0.15, -0.1) is 11.6 Å². The van der Waals surface area contributed by atoms with Crippen molar-refractivity contribution in [3.05, 3.63) is 29.0 Å². The second kappa shape index (κ2) is 5.26. The lowest BCUT2D eigenvalue weighted by Gasteiger charge is -2.11. The van der Waals surface area contributed by atoms with Gasteiger partial charge in [0.25, 0.3) is 0 Å². The SMILES string of the molecule is CC(Cl)c1nc2cccc(Cl)c2n1CC(=O)NC1CC1. The van der Waals surface area contributed by atoms with Crippen molar-refractivity contribution >= 4 is 40.1 Å². The van der Waals surface area contributed by atoms with Crippen LogP contribution >= 0.6 is 23.2 Å². The van der Waals surface area contributed by atoms with Crippen molar-refractivity contribution in [1.29, 1.82) is 0 Å². The maximum absolute atomic E-state index is 12.0. The van der Waals surface area contributed by atoms with E-state index < -0.39 is 0 Å². The second-order valence-electron chi connectivity index (χ2n) is 5.12. The van der Waals surface area contributed by atoms with Crippen LogP contribution in [0.5, 0.6) is 0 Å². The molecule has 1 unspecified atom stereocenters. The number of hydrogen-bond acceptors (Lipinski definition) is 2. The van der Waals surface area contributed by atoms with Gasteiger partial charge in [-0.3, -0.25) is 4.79 Å². The van der Waals surface area contributed by atoms with Gasteiger partial charge in [0.1, 0.15) is 12.4 Å². The van der Waals surface area contributed by atoms with Crippen LogP contribution in [0, 0.1) is 0 Å². The molecule has 1 atom stereocenters. The minimum atomic E-state index is -0.285. The topological polar surface area (TPSA) is 46.9 Å². The predicted molar refractivity (Wildman–Crippen MR) is 80.2 cm³/mol. The van der Waals surface area contributed by atoms with Crippen molar-refractivity contribution in [2.45, 2.75) is 37.7 Å². The Labute approximate surface area is 127 Å². The maximum Gasteiger partial charge on any atom is 0.240 e. The minimum absolute atomic E-state index is 0.0229. The lowest BCUT2D eigenvalue weighted by Crippen LogP contribution is -2.29. The highest BCUT2D eigenvalue weighted by Gasteiger charge is 2.25. The van der Waals surface area contributed by atoms with E-state index in [1.165, 1.54) is 0 Å². The molecule has 1 N–H and O–H groups in total. The van der Waals surface area contributed by atoms with Crippen molar-refractivity contribution in [1.82, 2.24) is 14.9 Å². The molecule has 1 heterocycles. The molecule has 1 fully saturated rings. The van der Waals surface area contributed by atoms with Crippen LogP contribution in [0.2, 0.25) is 5.02 Å². The Kier molecular flexibility index (Phi) is 3.61. The first-order chi connectivity index (χ1) is 9.56. The summed E-state index contributed by atoms with van der Waals surface area (Å²) in [4.78, 5) is 16.5. The Hall–Kier alpha value is -1.26. The second-order valence-corrected chi connectivity index (χ2v) is 6.18. The predicted octanol–water partition coefficient (Wildman–Crippen LogP) is 3.27. The van der Waals surface area contributed by atoms with Crippen molar-refractivity contribution in [3.8, 4) is 0 Å². The first-order valence-corrected chi connectivity index (χ1v) is 7.46. The number of benzene rings is 1. The summed E-state index contributed by atoms with van der Waals surface area (Å²) in [7, 11) is 0. The molecule has 0 aliphatic heterocycles. The van der Waals surface area contributed by atoms with E-state index in [4.69, 9.17) is 23.2 Å². The Morgan fingerprint density at radius 3 is 2.95 bits per heavy atom. The molecular weight excluding hydrogens is 297 g/mol. The zero-order valence-electron chi connectivity index (χ0n) is 11.1. The maximum atomic E-state index is 12.0. The zero-order chi connectivity index (χ0) is 14.3. The highest BCUT2D eigenvalue weighted by atomic mass is 35.5. The molecule has 20 heavy (non-hydrogen) atoms. The van der Waals surface area contributed by atoms with Gasteiger partial charge in [0, 0.05) is 6.04 Å². The molecule has 1 aliphatic carbocycles. The molecule has 1 aromatic carbocycles. The molecule has 0 spiro atoms. The van der Waals surface area contributed by atoms with Gasteiger partial charge < -0.3 is 9.88 Å². The van der Waals surface area contributed by atoms with Crippen molar-refractivity contribution in [2.75, 3.05) is 0 Å². The summed E-state index contributed by atoms with van der Waals surface area (Å²) in [5.41, 5.74) is 1.53. The van der Waals surface area contributed by atoms with Crippen LogP contribution in [0.1, 0.15) is 31.0 Å². The summed E-state index contributed by atoms with van der Waals surface area (Å²) in [5, 5.41) is 3.27. The number of aromatic nitrogens is 2. The van der Waals surface area contributed by atoms with Crippen LogP contribution in [0.4, 0.5) is 0 Å². The van der Waals surface area contributed by atoms with E-state index in [0.717, 1.165) is 23.9 Å². The molecule has 0 radical (unpaired) electrons. The van der Waals surface area contributed by atoms with E-state index >= 15 is 0 Å². The molecule has 0 saturated heterocycles. The fraction of sp³-hybridized carbons (Fsp3) is 0.429. The Morgan fingerprint density at radius 2 is 2.30 bits per heavy atom. The number of carbonyl (C=O) groups is 1. The van der Waals surface area contributed by atoms with Crippen LogP contribution in [-0.2, 0) is 11.3 Å². The highest BCUT2D eigenvalue weighted by Crippen LogP contribution is 2.29. The van der Waals surface area contributed by atoms with Crippen LogP contribution < -0.4 is 5.32 Å². The third kappa shape index (κ3) is 2.63. The molecule has 1 aliphatic rings. The molecular formula is C14H15Cl2N3O. The number of amides is 1. The van der Waals surface area contributed by atoms with E-state index in [-0.39, 0.29) is 17.8 Å². The quantitative estimate of drug-likeness (QED) is 0.881. The smallest absolute Gasteiger partial charge is 0.240 e. The van der Waals surface area contributed by atoms with E-state index in [1.807, 2.05) is 23.6 Å². The summed E-state index contributed by atoms with van der Waals surface area (Å²) < 4.78 is 1.81. The molecule has 106 valence electrons. The Bertz CT molecular complexity index is 662. The summed E-state index contributed by atoms with van der Waals surface area (Å²) in [6.07, 6.45) is 2.13. The van der Waals surface area contributed by atoms with Gasteiger partial charge in [-0.2, -0.15) is 0 Å². The van der Waals surface area contributed by atoms with E-state index in [0.29, 0.717) is 16.9 Å². The normalized spacial score (nSPS) is 16.4. The van der Waals surface area contributed by atoms with E-state index in [1.54, 1.807) is 6.07 Å². The summed E-state index contributed by atoms with van der Waals surface area (Å²) in [5.74, 6) is 0.644. The first kappa shape index (κ1) is 13.7. The number of imidazole rings is 1. The van der Waals surface area contributed by atoms with E-state index in [2.05, 4.69) is 10.3 Å². The van der Waals surface area contributed by atoms with Gasteiger partial charge in [-0.25, -0.2) is 4.98 Å². The Balaban J connectivity index is 2.01. The molecule has 1 saturated carbocycles. The number of hydrogen-bond donors (Lipinski definition) is 1.